The number of ether oxygens (including phenoxy) is 1. The Balaban J connectivity index is 0.00000400. The quantitative estimate of drug-likeness (QED) is 0.751. The van der Waals surface area contributed by atoms with Crippen molar-refractivity contribution in [3.63, 3.8) is 0 Å². The Bertz CT molecular complexity index is 401. The number of rotatable bonds is 6. The Morgan fingerprint density at radius 2 is 1.90 bits per heavy atom. The summed E-state index contributed by atoms with van der Waals surface area (Å²) in [6.45, 7) is 9.95. The van der Waals surface area contributed by atoms with Crippen LogP contribution in [0.15, 0.2) is 0 Å². The van der Waals surface area contributed by atoms with Crippen molar-refractivity contribution in [3.8, 4) is 0 Å². The van der Waals surface area contributed by atoms with Crippen LogP contribution in [0.1, 0.15) is 41.0 Å². The number of halogens is 1. The van der Waals surface area contributed by atoms with E-state index in [-0.39, 0.29) is 37.0 Å². The third-order valence-corrected chi connectivity index (χ3v) is 4.42. The van der Waals surface area contributed by atoms with Crippen LogP contribution >= 0.6 is 12.4 Å². The first-order valence-corrected chi connectivity index (χ1v) is 7.07. The van der Waals surface area contributed by atoms with Crippen molar-refractivity contribution >= 4 is 24.2 Å². The van der Waals surface area contributed by atoms with Crippen molar-refractivity contribution in [2.45, 2.75) is 58.7 Å². The second-order valence-corrected chi connectivity index (χ2v) is 6.33. The van der Waals surface area contributed by atoms with Crippen LogP contribution in [0.5, 0.6) is 0 Å². The molecule has 7 heteroatoms. The molecule has 4 N–H and O–H groups in total. The van der Waals surface area contributed by atoms with Gasteiger partial charge in [-0.3, -0.25) is 9.59 Å². The SMILES string of the molecule is CCOC1CC(N)(C(=O)N(CC(N)=O)C(C)C)C1(C)C.Cl. The average Bonchev–Trinajstić information content (AvgIpc) is 2.34. The fraction of sp³-hybridized carbons (Fsp3) is 0.857. The fourth-order valence-electron chi connectivity index (χ4n) is 2.71. The number of amides is 2. The smallest absolute Gasteiger partial charge is 0.244 e. The topological polar surface area (TPSA) is 98.7 Å². The van der Waals surface area contributed by atoms with Crippen molar-refractivity contribution in [1.82, 2.24) is 4.90 Å². The molecule has 1 fully saturated rings. The molecule has 0 saturated heterocycles. The molecule has 1 aliphatic carbocycles. The molecule has 0 aromatic heterocycles. The molecule has 2 amide bonds. The fourth-order valence-corrected chi connectivity index (χ4v) is 2.71. The molecule has 21 heavy (non-hydrogen) atoms. The second kappa shape index (κ2) is 6.94. The van der Waals surface area contributed by atoms with Gasteiger partial charge in [-0.2, -0.15) is 0 Å². The van der Waals surface area contributed by atoms with Crippen LogP contribution in [0.25, 0.3) is 0 Å². The van der Waals surface area contributed by atoms with Crippen LogP contribution in [0, 0.1) is 5.41 Å². The number of carbonyl (C=O) groups is 2. The van der Waals surface area contributed by atoms with Crippen molar-refractivity contribution in [3.05, 3.63) is 0 Å². The molecule has 1 aliphatic rings. The van der Waals surface area contributed by atoms with Gasteiger partial charge in [-0.15, -0.1) is 12.4 Å². The molecule has 0 spiro atoms. The first kappa shape index (κ1) is 20.1. The van der Waals surface area contributed by atoms with Crippen LogP contribution in [-0.2, 0) is 14.3 Å². The van der Waals surface area contributed by atoms with E-state index in [0.29, 0.717) is 13.0 Å². The normalized spacial score (nSPS) is 26.7. The maximum Gasteiger partial charge on any atom is 0.244 e. The van der Waals surface area contributed by atoms with E-state index in [2.05, 4.69) is 0 Å². The van der Waals surface area contributed by atoms with Gasteiger partial charge in [-0.05, 0) is 20.8 Å². The average molecular weight is 322 g/mol. The maximum absolute atomic E-state index is 12.7. The molecule has 1 saturated carbocycles. The monoisotopic (exact) mass is 321 g/mol. The van der Waals surface area contributed by atoms with E-state index in [9.17, 15) is 9.59 Å². The molecule has 124 valence electrons. The van der Waals surface area contributed by atoms with Crippen LogP contribution in [-0.4, -0.2) is 47.6 Å². The van der Waals surface area contributed by atoms with Crippen LogP contribution < -0.4 is 11.5 Å². The summed E-state index contributed by atoms with van der Waals surface area (Å²) in [5.74, 6) is -0.763. The molecule has 0 aromatic carbocycles. The van der Waals surface area contributed by atoms with E-state index in [1.54, 1.807) is 0 Å². The lowest BCUT2D eigenvalue weighted by Crippen LogP contribution is -2.76. The summed E-state index contributed by atoms with van der Waals surface area (Å²) in [5, 5.41) is 0. The van der Waals surface area contributed by atoms with E-state index >= 15 is 0 Å². The Labute approximate surface area is 133 Å². The molecule has 1 rings (SSSR count). The lowest BCUT2D eigenvalue weighted by Gasteiger charge is -2.58. The highest BCUT2D eigenvalue weighted by Gasteiger charge is 2.63. The van der Waals surface area contributed by atoms with Crippen molar-refractivity contribution in [1.29, 1.82) is 0 Å². The van der Waals surface area contributed by atoms with Crippen molar-refractivity contribution in [2.75, 3.05) is 13.2 Å². The Hall–Kier alpha value is -0.850. The molecular weight excluding hydrogens is 294 g/mol. The molecule has 6 nitrogen and oxygen atoms in total. The molecule has 0 aliphatic heterocycles. The first-order chi connectivity index (χ1) is 9.07. The van der Waals surface area contributed by atoms with Gasteiger partial charge < -0.3 is 21.1 Å². The Kier molecular flexibility index (Phi) is 6.66. The highest BCUT2D eigenvalue weighted by Crippen LogP contribution is 2.50. The van der Waals surface area contributed by atoms with Gasteiger partial charge in [0.15, 0.2) is 0 Å². The summed E-state index contributed by atoms with van der Waals surface area (Å²) in [6, 6.07) is -0.127. The van der Waals surface area contributed by atoms with E-state index < -0.39 is 16.9 Å². The number of hydrogen-bond donors (Lipinski definition) is 2. The number of carbonyl (C=O) groups excluding carboxylic acids is 2. The summed E-state index contributed by atoms with van der Waals surface area (Å²) < 4.78 is 5.62. The third-order valence-electron chi connectivity index (χ3n) is 4.42. The van der Waals surface area contributed by atoms with E-state index in [1.165, 1.54) is 4.90 Å². The lowest BCUT2D eigenvalue weighted by atomic mass is 9.54. The minimum atomic E-state index is -1.01. The van der Waals surface area contributed by atoms with E-state index in [0.717, 1.165) is 0 Å². The Morgan fingerprint density at radius 3 is 2.24 bits per heavy atom. The Morgan fingerprint density at radius 1 is 1.38 bits per heavy atom. The van der Waals surface area contributed by atoms with Gasteiger partial charge in [0.05, 0.1) is 12.6 Å². The molecule has 0 aromatic rings. The summed E-state index contributed by atoms with van der Waals surface area (Å²) >= 11 is 0. The maximum atomic E-state index is 12.7. The predicted molar refractivity (Wildman–Crippen MR) is 84.0 cm³/mol. The molecule has 2 atom stereocenters. The third kappa shape index (κ3) is 3.49. The van der Waals surface area contributed by atoms with Crippen LogP contribution in [0.3, 0.4) is 0 Å². The number of nitrogens with zero attached hydrogens (tertiary/aromatic N) is 1. The molecule has 0 bridgehead atoms. The highest BCUT2D eigenvalue weighted by molar-refractivity contribution is 5.92. The first-order valence-electron chi connectivity index (χ1n) is 7.07. The van der Waals surface area contributed by atoms with E-state index in [4.69, 9.17) is 16.2 Å². The molecule has 2 unspecified atom stereocenters. The van der Waals surface area contributed by atoms with Gasteiger partial charge in [-0.25, -0.2) is 0 Å². The van der Waals surface area contributed by atoms with Crippen molar-refractivity contribution < 1.29 is 14.3 Å². The van der Waals surface area contributed by atoms with Gasteiger partial charge in [0.2, 0.25) is 11.8 Å². The number of primary amides is 1. The summed E-state index contributed by atoms with van der Waals surface area (Å²) in [5.41, 5.74) is 10.1. The minimum absolute atomic E-state index is 0. The number of hydrogen-bond acceptors (Lipinski definition) is 4. The largest absolute Gasteiger partial charge is 0.378 e. The lowest BCUT2D eigenvalue weighted by molar-refractivity contribution is -0.181. The van der Waals surface area contributed by atoms with Gasteiger partial charge in [-0.1, -0.05) is 13.8 Å². The van der Waals surface area contributed by atoms with Gasteiger partial charge in [0, 0.05) is 24.5 Å². The number of nitrogens with two attached hydrogens (primary N) is 2. The molecular formula is C14H28ClN3O3. The zero-order valence-corrected chi connectivity index (χ0v) is 14.3. The van der Waals surface area contributed by atoms with Gasteiger partial charge in [0.25, 0.3) is 0 Å². The van der Waals surface area contributed by atoms with Crippen molar-refractivity contribution in [2.24, 2.45) is 16.9 Å². The molecule has 0 heterocycles. The van der Waals surface area contributed by atoms with Gasteiger partial charge in [0.1, 0.15) is 5.54 Å². The minimum Gasteiger partial charge on any atom is -0.378 e. The molecule has 0 radical (unpaired) electrons. The van der Waals surface area contributed by atoms with E-state index in [1.807, 2.05) is 34.6 Å². The summed E-state index contributed by atoms with van der Waals surface area (Å²) in [7, 11) is 0. The standard InChI is InChI=1S/C14H27N3O3.ClH/c1-6-20-10-7-14(16,13(10,4)5)12(19)17(9(2)3)8-11(15)18;/h9-10H,6-8,16H2,1-5H3,(H2,15,18);1H. The highest BCUT2D eigenvalue weighted by atomic mass is 35.5. The van der Waals surface area contributed by atoms with Crippen LogP contribution in [0.2, 0.25) is 0 Å². The predicted octanol–water partition coefficient (Wildman–Crippen LogP) is 0.663. The zero-order valence-electron chi connectivity index (χ0n) is 13.5. The second-order valence-electron chi connectivity index (χ2n) is 6.33. The summed E-state index contributed by atoms with van der Waals surface area (Å²) in [6.07, 6.45) is 0.429. The zero-order chi connectivity index (χ0) is 15.7. The summed E-state index contributed by atoms with van der Waals surface area (Å²) in [4.78, 5) is 25.3. The van der Waals surface area contributed by atoms with Crippen LogP contribution in [0.4, 0.5) is 0 Å². The van der Waals surface area contributed by atoms with Gasteiger partial charge >= 0.3 is 0 Å².